The van der Waals surface area contributed by atoms with Crippen molar-refractivity contribution in [3.63, 3.8) is 0 Å². The fraction of sp³-hybridized carbons (Fsp3) is 0.391. The van der Waals surface area contributed by atoms with Gasteiger partial charge in [-0.25, -0.2) is 0 Å². The molecule has 4 heteroatoms. The predicted molar refractivity (Wildman–Crippen MR) is 111 cm³/mol. The first-order valence-corrected chi connectivity index (χ1v) is 9.48. The number of nitrogens with one attached hydrogen (secondary N) is 2. The van der Waals surface area contributed by atoms with E-state index in [1.165, 1.54) is 0 Å². The van der Waals surface area contributed by atoms with Crippen LogP contribution in [0.3, 0.4) is 0 Å². The van der Waals surface area contributed by atoms with E-state index in [2.05, 4.69) is 24.5 Å². The van der Waals surface area contributed by atoms with Crippen LogP contribution < -0.4 is 10.6 Å². The maximum Gasteiger partial charge on any atom is 0.251 e. The molecule has 0 aromatic heterocycles. The van der Waals surface area contributed by atoms with Crippen molar-refractivity contribution >= 4 is 17.5 Å². The van der Waals surface area contributed by atoms with Crippen molar-refractivity contribution < 1.29 is 9.59 Å². The van der Waals surface area contributed by atoms with Gasteiger partial charge in [0.15, 0.2) is 0 Å². The molecule has 0 radical (unpaired) electrons. The Kier molecular flexibility index (Phi) is 6.78. The Morgan fingerprint density at radius 3 is 2.07 bits per heavy atom. The molecule has 2 rings (SSSR count). The van der Waals surface area contributed by atoms with Crippen molar-refractivity contribution in [2.75, 3.05) is 5.32 Å². The second-order valence-electron chi connectivity index (χ2n) is 7.74. The van der Waals surface area contributed by atoms with Crippen LogP contribution in [-0.4, -0.2) is 17.9 Å². The van der Waals surface area contributed by atoms with Gasteiger partial charge in [0.25, 0.3) is 5.91 Å². The summed E-state index contributed by atoms with van der Waals surface area (Å²) < 4.78 is 0. The highest BCUT2D eigenvalue weighted by Crippen LogP contribution is 2.27. The molecule has 0 spiro atoms. The van der Waals surface area contributed by atoms with Gasteiger partial charge in [0.05, 0.1) is 0 Å². The number of hydrogen-bond donors (Lipinski definition) is 2. The Balaban J connectivity index is 2.21. The second-order valence-corrected chi connectivity index (χ2v) is 7.74. The molecular weight excluding hydrogens is 336 g/mol. The standard InChI is InChI=1S/C23H30N2O2/c1-14(2)19-9-7-8-17(6)21(19)25-23(27)20(15(3)4)24-22(26)18-12-10-16(5)11-13-18/h7-15,20H,1-6H3,(H,24,26)(H,25,27)/t20-/m1/s1. The van der Waals surface area contributed by atoms with Crippen LogP contribution in [0.2, 0.25) is 0 Å². The van der Waals surface area contributed by atoms with E-state index in [0.717, 1.165) is 22.4 Å². The molecule has 2 amide bonds. The topological polar surface area (TPSA) is 58.2 Å². The number of anilines is 1. The van der Waals surface area contributed by atoms with Crippen LogP contribution in [0.4, 0.5) is 5.69 Å². The van der Waals surface area contributed by atoms with Crippen LogP contribution in [0, 0.1) is 19.8 Å². The molecule has 2 aromatic carbocycles. The fourth-order valence-electron chi connectivity index (χ4n) is 3.01. The summed E-state index contributed by atoms with van der Waals surface area (Å²) in [5.74, 6) is -0.176. The third-order valence-corrected chi connectivity index (χ3v) is 4.72. The first kappa shape index (κ1) is 20.7. The largest absolute Gasteiger partial charge is 0.340 e. The molecule has 2 N–H and O–H groups in total. The first-order chi connectivity index (χ1) is 12.7. The van der Waals surface area contributed by atoms with E-state index in [0.29, 0.717) is 11.5 Å². The highest BCUT2D eigenvalue weighted by molar-refractivity contribution is 6.02. The van der Waals surface area contributed by atoms with Crippen molar-refractivity contribution in [1.82, 2.24) is 5.32 Å². The Hall–Kier alpha value is -2.62. The van der Waals surface area contributed by atoms with Gasteiger partial charge in [0, 0.05) is 11.3 Å². The van der Waals surface area contributed by atoms with Crippen molar-refractivity contribution in [3.05, 3.63) is 64.7 Å². The zero-order valence-electron chi connectivity index (χ0n) is 17.1. The van der Waals surface area contributed by atoms with Crippen LogP contribution in [0.5, 0.6) is 0 Å². The van der Waals surface area contributed by atoms with Crippen LogP contribution in [0.15, 0.2) is 42.5 Å². The van der Waals surface area contributed by atoms with E-state index in [9.17, 15) is 9.59 Å². The van der Waals surface area contributed by atoms with Gasteiger partial charge >= 0.3 is 0 Å². The first-order valence-electron chi connectivity index (χ1n) is 9.48. The molecule has 0 fully saturated rings. The van der Waals surface area contributed by atoms with Crippen LogP contribution in [-0.2, 0) is 4.79 Å². The molecule has 0 saturated carbocycles. The molecule has 0 aliphatic rings. The average Bonchev–Trinajstić information content (AvgIpc) is 2.61. The molecule has 144 valence electrons. The Labute approximate surface area is 162 Å². The SMILES string of the molecule is Cc1ccc(C(=O)N[C@@H](C(=O)Nc2c(C)cccc2C(C)C)C(C)C)cc1. The van der Waals surface area contributed by atoms with Gasteiger partial charge < -0.3 is 10.6 Å². The van der Waals surface area contributed by atoms with Gasteiger partial charge in [-0.3, -0.25) is 9.59 Å². The van der Waals surface area contributed by atoms with E-state index in [4.69, 9.17) is 0 Å². The van der Waals surface area contributed by atoms with Crippen molar-refractivity contribution in [1.29, 1.82) is 0 Å². The summed E-state index contributed by atoms with van der Waals surface area (Å²) in [6.07, 6.45) is 0. The highest BCUT2D eigenvalue weighted by atomic mass is 16.2. The third-order valence-electron chi connectivity index (χ3n) is 4.72. The Morgan fingerprint density at radius 1 is 0.889 bits per heavy atom. The molecular formula is C23H30N2O2. The highest BCUT2D eigenvalue weighted by Gasteiger charge is 2.26. The maximum atomic E-state index is 13.0. The monoisotopic (exact) mass is 366 g/mol. The minimum atomic E-state index is -0.613. The molecule has 4 nitrogen and oxygen atoms in total. The van der Waals surface area contributed by atoms with Gasteiger partial charge in [-0.05, 0) is 48.9 Å². The zero-order valence-corrected chi connectivity index (χ0v) is 17.1. The fourth-order valence-corrected chi connectivity index (χ4v) is 3.01. The lowest BCUT2D eigenvalue weighted by molar-refractivity contribution is -0.118. The van der Waals surface area contributed by atoms with Crippen molar-refractivity contribution in [2.45, 2.75) is 53.5 Å². The van der Waals surface area contributed by atoms with Gasteiger partial charge in [-0.15, -0.1) is 0 Å². The molecule has 0 saturated heterocycles. The lowest BCUT2D eigenvalue weighted by atomic mass is 9.97. The minimum Gasteiger partial charge on any atom is -0.340 e. The van der Waals surface area contributed by atoms with Crippen molar-refractivity contribution in [3.8, 4) is 0 Å². The summed E-state index contributed by atoms with van der Waals surface area (Å²) in [4.78, 5) is 25.6. The third kappa shape index (κ3) is 5.19. The average molecular weight is 367 g/mol. The van der Waals surface area contributed by atoms with Crippen molar-refractivity contribution in [2.24, 2.45) is 5.92 Å². The summed E-state index contributed by atoms with van der Waals surface area (Å²) in [5.41, 5.74) is 4.59. The molecule has 0 aliphatic carbocycles. The Bertz CT molecular complexity index is 808. The maximum absolute atomic E-state index is 13.0. The molecule has 2 aromatic rings. The van der Waals surface area contributed by atoms with Crippen LogP contribution >= 0.6 is 0 Å². The van der Waals surface area contributed by atoms with E-state index >= 15 is 0 Å². The summed E-state index contributed by atoms with van der Waals surface area (Å²) in [6, 6.07) is 12.7. The molecule has 0 bridgehead atoms. The number of rotatable bonds is 6. The normalized spacial score (nSPS) is 12.1. The van der Waals surface area contributed by atoms with Gasteiger partial charge in [-0.1, -0.05) is 63.6 Å². The lowest BCUT2D eigenvalue weighted by Crippen LogP contribution is -2.47. The molecule has 0 aliphatic heterocycles. The lowest BCUT2D eigenvalue weighted by Gasteiger charge is -2.24. The second kappa shape index (κ2) is 8.85. The quantitative estimate of drug-likeness (QED) is 0.770. The molecule has 0 heterocycles. The number of para-hydroxylation sites is 1. The summed E-state index contributed by atoms with van der Waals surface area (Å²) >= 11 is 0. The van der Waals surface area contributed by atoms with Gasteiger partial charge in [0.2, 0.25) is 5.91 Å². The van der Waals surface area contributed by atoms with Crippen LogP contribution in [0.25, 0.3) is 0 Å². The molecule has 27 heavy (non-hydrogen) atoms. The number of benzene rings is 2. The molecule has 1 atom stereocenters. The summed E-state index contributed by atoms with van der Waals surface area (Å²) in [6.45, 7) is 12.0. The number of hydrogen-bond acceptors (Lipinski definition) is 2. The smallest absolute Gasteiger partial charge is 0.251 e. The number of aryl methyl sites for hydroxylation is 2. The zero-order chi connectivity index (χ0) is 20.1. The van der Waals surface area contributed by atoms with E-state index in [1.807, 2.05) is 58.0 Å². The summed E-state index contributed by atoms with van der Waals surface area (Å²) in [7, 11) is 0. The minimum absolute atomic E-state index is 0.0362. The number of carbonyl (C=O) groups is 2. The molecule has 0 unspecified atom stereocenters. The number of carbonyl (C=O) groups excluding carboxylic acids is 2. The van der Waals surface area contributed by atoms with E-state index in [1.54, 1.807) is 12.1 Å². The van der Waals surface area contributed by atoms with Crippen LogP contribution in [0.1, 0.15) is 60.7 Å². The van der Waals surface area contributed by atoms with Gasteiger partial charge in [-0.2, -0.15) is 0 Å². The summed E-state index contributed by atoms with van der Waals surface area (Å²) in [5, 5.41) is 5.94. The van der Waals surface area contributed by atoms with E-state index < -0.39 is 6.04 Å². The van der Waals surface area contributed by atoms with Gasteiger partial charge in [0.1, 0.15) is 6.04 Å². The predicted octanol–water partition coefficient (Wildman–Crippen LogP) is 4.82. The number of amides is 2. The van der Waals surface area contributed by atoms with E-state index in [-0.39, 0.29) is 17.7 Å². The Morgan fingerprint density at radius 2 is 1.52 bits per heavy atom.